The molecule has 6 heteroatoms. The molecule has 1 N–H and O–H groups in total. The highest BCUT2D eigenvalue weighted by atomic mass is 16.5. The molecule has 0 aliphatic heterocycles. The molecular formula is C18H26O6. The third-order valence-corrected chi connectivity index (χ3v) is 3.65. The number of carbonyl (C=O) groups excluding carboxylic acids is 2. The summed E-state index contributed by atoms with van der Waals surface area (Å²) in [5, 5.41) is 9.78. The van der Waals surface area contributed by atoms with Crippen molar-refractivity contribution in [3.8, 4) is 0 Å². The highest BCUT2D eigenvalue weighted by Crippen LogP contribution is 2.28. The van der Waals surface area contributed by atoms with E-state index in [4.69, 9.17) is 14.2 Å². The van der Waals surface area contributed by atoms with Crippen LogP contribution in [0, 0.1) is 0 Å². The third kappa shape index (κ3) is 5.62. The molecule has 1 aromatic rings. The van der Waals surface area contributed by atoms with Crippen LogP contribution >= 0.6 is 0 Å². The van der Waals surface area contributed by atoms with Gasteiger partial charge in [0.2, 0.25) is 0 Å². The van der Waals surface area contributed by atoms with E-state index in [1.807, 2.05) is 13.8 Å². The molecule has 0 bridgehead atoms. The second-order valence-corrected chi connectivity index (χ2v) is 6.70. The van der Waals surface area contributed by atoms with E-state index in [0.29, 0.717) is 18.6 Å². The first kappa shape index (κ1) is 20.1. The van der Waals surface area contributed by atoms with Crippen molar-refractivity contribution in [2.75, 3.05) is 20.8 Å². The van der Waals surface area contributed by atoms with Crippen molar-refractivity contribution in [2.45, 2.75) is 45.3 Å². The van der Waals surface area contributed by atoms with Gasteiger partial charge in [0, 0.05) is 0 Å². The van der Waals surface area contributed by atoms with Gasteiger partial charge in [-0.2, -0.15) is 0 Å². The molecule has 0 unspecified atom stereocenters. The SMILES string of the molecule is COC(=O)c1cc(C(=O)OC)cc(C(C)(C)OCCC(C)(C)O)c1. The minimum atomic E-state index is -0.832. The number of aliphatic hydroxyl groups is 1. The van der Waals surface area contributed by atoms with Crippen LogP contribution < -0.4 is 0 Å². The lowest BCUT2D eigenvalue weighted by molar-refractivity contribution is -0.0494. The summed E-state index contributed by atoms with van der Waals surface area (Å²) in [6.07, 6.45) is 0.455. The summed E-state index contributed by atoms with van der Waals surface area (Å²) in [7, 11) is 2.55. The van der Waals surface area contributed by atoms with E-state index in [-0.39, 0.29) is 11.1 Å². The number of rotatable bonds is 7. The van der Waals surface area contributed by atoms with Crippen LogP contribution in [-0.2, 0) is 19.8 Å². The van der Waals surface area contributed by atoms with Gasteiger partial charge in [0.1, 0.15) is 0 Å². The summed E-state index contributed by atoms with van der Waals surface area (Å²) in [5.74, 6) is -1.09. The Hall–Kier alpha value is -1.92. The molecule has 0 heterocycles. The molecule has 24 heavy (non-hydrogen) atoms. The minimum absolute atomic E-state index is 0.245. The van der Waals surface area contributed by atoms with Crippen molar-refractivity contribution < 1.29 is 28.9 Å². The fourth-order valence-corrected chi connectivity index (χ4v) is 2.09. The monoisotopic (exact) mass is 338 g/mol. The molecular weight excluding hydrogens is 312 g/mol. The molecule has 0 atom stereocenters. The van der Waals surface area contributed by atoms with Gasteiger partial charge in [0.25, 0.3) is 0 Å². The maximum Gasteiger partial charge on any atom is 0.337 e. The molecule has 0 fully saturated rings. The molecule has 0 spiro atoms. The first-order valence-electron chi connectivity index (χ1n) is 7.69. The third-order valence-electron chi connectivity index (χ3n) is 3.65. The number of benzene rings is 1. The Balaban J connectivity index is 3.15. The van der Waals surface area contributed by atoms with E-state index >= 15 is 0 Å². The van der Waals surface area contributed by atoms with E-state index in [1.54, 1.807) is 26.0 Å². The van der Waals surface area contributed by atoms with Crippen LogP contribution in [-0.4, -0.2) is 43.5 Å². The van der Waals surface area contributed by atoms with Gasteiger partial charge in [-0.3, -0.25) is 0 Å². The average Bonchev–Trinajstić information content (AvgIpc) is 2.51. The summed E-state index contributed by atoms with van der Waals surface area (Å²) in [4.78, 5) is 23.7. The van der Waals surface area contributed by atoms with Crippen molar-refractivity contribution in [3.63, 3.8) is 0 Å². The van der Waals surface area contributed by atoms with Crippen LogP contribution in [0.5, 0.6) is 0 Å². The van der Waals surface area contributed by atoms with Crippen molar-refractivity contribution in [2.24, 2.45) is 0 Å². The molecule has 0 aliphatic carbocycles. The Labute approximate surface area is 142 Å². The van der Waals surface area contributed by atoms with Gasteiger partial charge in [-0.15, -0.1) is 0 Å². The van der Waals surface area contributed by atoms with Gasteiger partial charge in [0.05, 0.1) is 43.2 Å². The fraction of sp³-hybridized carbons (Fsp3) is 0.556. The molecule has 6 nitrogen and oxygen atoms in total. The van der Waals surface area contributed by atoms with Gasteiger partial charge >= 0.3 is 11.9 Å². The highest BCUT2D eigenvalue weighted by Gasteiger charge is 2.26. The van der Waals surface area contributed by atoms with Crippen LogP contribution in [0.15, 0.2) is 18.2 Å². The van der Waals surface area contributed by atoms with E-state index in [2.05, 4.69) is 0 Å². The van der Waals surface area contributed by atoms with Crippen LogP contribution in [0.3, 0.4) is 0 Å². The first-order valence-corrected chi connectivity index (χ1v) is 7.69. The van der Waals surface area contributed by atoms with Crippen molar-refractivity contribution in [1.29, 1.82) is 0 Å². The number of carbonyl (C=O) groups is 2. The predicted molar refractivity (Wildman–Crippen MR) is 89.0 cm³/mol. The minimum Gasteiger partial charge on any atom is -0.465 e. The molecule has 0 saturated heterocycles. The standard InChI is InChI=1S/C18H26O6/c1-17(2,21)7-8-24-18(3,4)14-10-12(15(19)22-5)9-13(11-14)16(20)23-6/h9-11,21H,7-8H2,1-6H3. The normalized spacial score (nSPS) is 12.0. The van der Waals surface area contributed by atoms with Gasteiger partial charge in [-0.05, 0) is 57.9 Å². The fourth-order valence-electron chi connectivity index (χ4n) is 2.09. The van der Waals surface area contributed by atoms with E-state index in [9.17, 15) is 14.7 Å². The van der Waals surface area contributed by atoms with Gasteiger partial charge in [-0.25, -0.2) is 9.59 Å². The summed E-state index contributed by atoms with van der Waals surface area (Å²) in [6.45, 7) is 7.39. The van der Waals surface area contributed by atoms with Crippen molar-refractivity contribution in [3.05, 3.63) is 34.9 Å². The van der Waals surface area contributed by atoms with Gasteiger partial charge in [0.15, 0.2) is 0 Å². The zero-order chi connectivity index (χ0) is 18.5. The lowest BCUT2D eigenvalue weighted by atomic mass is 9.93. The molecule has 0 saturated carbocycles. The molecule has 0 radical (unpaired) electrons. The molecule has 1 aromatic carbocycles. The van der Waals surface area contributed by atoms with Crippen LogP contribution in [0.2, 0.25) is 0 Å². The molecule has 0 aromatic heterocycles. The number of esters is 2. The number of hydrogen-bond acceptors (Lipinski definition) is 6. The zero-order valence-corrected chi connectivity index (χ0v) is 15.1. The summed E-state index contributed by atoms with van der Waals surface area (Å²) in [6, 6.07) is 4.68. The lowest BCUT2D eigenvalue weighted by Gasteiger charge is -2.28. The van der Waals surface area contributed by atoms with E-state index in [1.165, 1.54) is 20.3 Å². The maximum absolute atomic E-state index is 11.9. The second-order valence-electron chi connectivity index (χ2n) is 6.70. The predicted octanol–water partition coefficient (Wildman–Crippen LogP) is 2.67. The first-order chi connectivity index (χ1) is 11.0. The smallest absolute Gasteiger partial charge is 0.337 e. The summed E-state index contributed by atoms with van der Waals surface area (Å²) >= 11 is 0. The van der Waals surface area contributed by atoms with E-state index < -0.39 is 23.1 Å². The Bertz CT molecular complexity index is 564. The topological polar surface area (TPSA) is 82.1 Å². The Morgan fingerprint density at radius 3 is 1.79 bits per heavy atom. The Morgan fingerprint density at radius 1 is 0.958 bits per heavy atom. The second kappa shape index (κ2) is 7.77. The molecule has 134 valence electrons. The lowest BCUT2D eigenvalue weighted by Crippen LogP contribution is -2.27. The molecule has 0 aliphatic rings. The Kier molecular flexibility index (Phi) is 6.51. The van der Waals surface area contributed by atoms with Crippen LogP contribution in [0.25, 0.3) is 0 Å². The van der Waals surface area contributed by atoms with E-state index in [0.717, 1.165) is 0 Å². The zero-order valence-electron chi connectivity index (χ0n) is 15.1. The van der Waals surface area contributed by atoms with Crippen molar-refractivity contribution in [1.82, 2.24) is 0 Å². The van der Waals surface area contributed by atoms with Crippen LogP contribution in [0.1, 0.15) is 60.4 Å². The summed E-state index contributed by atoms with van der Waals surface area (Å²) in [5.41, 5.74) is -0.468. The average molecular weight is 338 g/mol. The Morgan fingerprint density at radius 2 is 1.42 bits per heavy atom. The highest BCUT2D eigenvalue weighted by molar-refractivity contribution is 5.95. The largest absolute Gasteiger partial charge is 0.465 e. The van der Waals surface area contributed by atoms with Crippen LogP contribution in [0.4, 0.5) is 0 Å². The van der Waals surface area contributed by atoms with Gasteiger partial charge in [-0.1, -0.05) is 0 Å². The van der Waals surface area contributed by atoms with Gasteiger partial charge < -0.3 is 19.3 Å². The molecule has 0 amide bonds. The number of ether oxygens (including phenoxy) is 3. The summed E-state index contributed by atoms with van der Waals surface area (Å²) < 4.78 is 15.3. The quantitative estimate of drug-likeness (QED) is 0.770. The number of hydrogen-bond donors (Lipinski definition) is 1. The maximum atomic E-state index is 11.9. The molecule has 1 rings (SSSR count). The van der Waals surface area contributed by atoms with Crippen molar-refractivity contribution >= 4 is 11.9 Å². The number of methoxy groups -OCH3 is 2.